The van der Waals surface area contributed by atoms with Gasteiger partial charge < -0.3 is 19.4 Å². The molecule has 0 bridgehead atoms. The molecule has 39 heavy (non-hydrogen) atoms. The van der Waals surface area contributed by atoms with Crippen LogP contribution in [0.3, 0.4) is 0 Å². The van der Waals surface area contributed by atoms with Gasteiger partial charge in [-0.3, -0.25) is 4.79 Å². The van der Waals surface area contributed by atoms with E-state index in [0.29, 0.717) is 12.5 Å². The number of esters is 1. The van der Waals surface area contributed by atoms with Crippen LogP contribution in [0, 0.1) is 0 Å². The molecule has 5 rings (SSSR count). The Kier molecular flexibility index (Phi) is 8.19. The van der Waals surface area contributed by atoms with Crippen molar-refractivity contribution in [2.24, 2.45) is 4.99 Å². The number of nitrogens with one attached hydrogen (secondary N) is 1. The minimum Gasteiger partial charge on any atom is -0.468 e. The molecule has 1 unspecified atom stereocenters. The molecule has 2 aromatic carbocycles. The molecule has 0 amide bonds. The van der Waals surface area contributed by atoms with Gasteiger partial charge in [-0.25, -0.2) is 10.1 Å². The molecule has 1 atom stereocenters. The summed E-state index contributed by atoms with van der Waals surface area (Å²) in [6.07, 6.45) is 6.44. The molecule has 1 aromatic heterocycles. The molecule has 3 heterocycles. The van der Waals surface area contributed by atoms with Crippen LogP contribution in [0.2, 0.25) is 0 Å². The number of aliphatic imine (C=N–C) groups is 1. The van der Waals surface area contributed by atoms with Crippen molar-refractivity contribution in [3.63, 3.8) is 0 Å². The highest BCUT2D eigenvalue weighted by molar-refractivity contribution is 6.01. The Labute approximate surface area is 229 Å². The van der Waals surface area contributed by atoms with Crippen LogP contribution in [0.4, 0.5) is 0 Å². The van der Waals surface area contributed by atoms with Gasteiger partial charge in [-0.1, -0.05) is 68.8 Å². The molecule has 0 spiro atoms. The molecular weight excluding hydrogens is 492 g/mol. The predicted octanol–water partition coefficient (Wildman–Crippen LogP) is 4.26. The molecule has 204 valence electrons. The number of rotatable bonds is 11. The zero-order chi connectivity index (χ0) is 27.2. The van der Waals surface area contributed by atoms with E-state index in [4.69, 9.17) is 9.73 Å². The van der Waals surface area contributed by atoms with Gasteiger partial charge in [0.15, 0.2) is 11.7 Å². The Morgan fingerprint density at radius 3 is 2.56 bits per heavy atom. The van der Waals surface area contributed by atoms with Gasteiger partial charge in [0.2, 0.25) is 0 Å². The van der Waals surface area contributed by atoms with E-state index in [-0.39, 0.29) is 18.7 Å². The van der Waals surface area contributed by atoms with Crippen molar-refractivity contribution >= 4 is 11.8 Å². The molecule has 0 fully saturated rings. The van der Waals surface area contributed by atoms with E-state index < -0.39 is 0 Å². The third-order valence-electron chi connectivity index (χ3n) is 7.15. The topological polar surface area (TPSA) is 103 Å². The van der Waals surface area contributed by atoms with Gasteiger partial charge in [-0.05, 0) is 46.4 Å². The zero-order valence-corrected chi connectivity index (χ0v) is 22.9. The molecule has 0 aliphatic carbocycles. The maximum Gasteiger partial charge on any atom is 0.325 e. The molecule has 3 aromatic rings. The number of methoxy groups -OCH3 is 1. The Balaban J connectivity index is 1.41. The number of carbonyl (C=O) groups is 1. The van der Waals surface area contributed by atoms with Crippen LogP contribution in [0.5, 0.6) is 0 Å². The molecule has 10 heteroatoms. The average Bonchev–Trinajstić information content (AvgIpc) is 3.62. The number of benzene rings is 2. The van der Waals surface area contributed by atoms with E-state index in [0.717, 1.165) is 67.0 Å². The highest BCUT2D eigenvalue weighted by Crippen LogP contribution is 2.33. The van der Waals surface area contributed by atoms with E-state index in [1.54, 1.807) is 0 Å². The largest absolute Gasteiger partial charge is 0.468 e. The molecule has 0 radical (unpaired) electrons. The lowest BCUT2D eigenvalue weighted by Gasteiger charge is -2.37. The second kappa shape index (κ2) is 12.1. The van der Waals surface area contributed by atoms with Crippen molar-refractivity contribution in [1.29, 1.82) is 0 Å². The number of hydrogen-bond acceptors (Lipinski definition) is 9. The lowest BCUT2D eigenvalue weighted by Crippen LogP contribution is -2.48. The predicted molar refractivity (Wildman–Crippen MR) is 150 cm³/mol. The number of carbonyl (C=O) groups excluding carboxylic acids is 1. The fourth-order valence-electron chi connectivity index (χ4n) is 5.21. The summed E-state index contributed by atoms with van der Waals surface area (Å²) in [5.41, 5.74) is 5.40. The SMILES string of the molecule is CCCCC1N=C2C(=CN(CCC)CN2CC(=O)OC)N1Cc1ccc(-c2ccccc2-c2nnn[nH]2)cc1. The van der Waals surface area contributed by atoms with Crippen LogP contribution in [0.25, 0.3) is 22.5 Å². The second-order valence-corrected chi connectivity index (χ2v) is 9.94. The number of tetrazole rings is 1. The van der Waals surface area contributed by atoms with Crippen molar-refractivity contribution in [3.8, 4) is 22.5 Å². The summed E-state index contributed by atoms with van der Waals surface area (Å²) in [6, 6.07) is 16.8. The summed E-state index contributed by atoms with van der Waals surface area (Å²) < 4.78 is 4.99. The van der Waals surface area contributed by atoms with Crippen molar-refractivity contribution < 1.29 is 9.53 Å². The van der Waals surface area contributed by atoms with Gasteiger partial charge in [-0.15, -0.1) is 5.10 Å². The average molecular weight is 529 g/mol. The summed E-state index contributed by atoms with van der Waals surface area (Å²) >= 11 is 0. The number of aromatic amines is 1. The van der Waals surface area contributed by atoms with Crippen molar-refractivity contribution in [1.82, 2.24) is 35.3 Å². The van der Waals surface area contributed by atoms with E-state index in [9.17, 15) is 4.79 Å². The number of unbranched alkanes of at least 4 members (excludes halogenated alkanes) is 1. The molecule has 2 aliphatic rings. The van der Waals surface area contributed by atoms with Gasteiger partial charge in [-0.2, -0.15) is 0 Å². The van der Waals surface area contributed by atoms with Crippen LogP contribution < -0.4 is 0 Å². The van der Waals surface area contributed by atoms with Gasteiger partial charge >= 0.3 is 5.97 Å². The first-order valence-corrected chi connectivity index (χ1v) is 13.7. The summed E-state index contributed by atoms with van der Waals surface area (Å²) in [5, 5.41) is 14.4. The Bertz CT molecular complexity index is 1320. The standard InChI is InChI=1S/C29H36N8O2/c1-4-6-11-26-30-29-25(18-35(16-5-2)20-36(29)19-27(38)39-3)37(26)17-21-12-14-22(15-13-21)23-9-7-8-10-24(23)28-31-33-34-32-28/h7-10,12-15,18,26H,4-6,11,16-17,19-20H2,1-3H3,(H,31,32,33,34). The first-order valence-electron chi connectivity index (χ1n) is 13.7. The molecule has 2 aliphatic heterocycles. The van der Waals surface area contributed by atoms with Crippen LogP contribution >= 0.6 is 0 Å². The maximum absolute atomic E-state index is 12.2. The van der Waals surface area contributed by atoms with Gasteiger partial charge in [0, 0.05) is 24.9 Å². The number of fused-ring (bicyclic) bond motifs is 1. The molecule has 0 saturated carbocycles. The van der Waals surface area contributed by atoms with Crippen molar-refractivity contribution in [2.45, 2.75) is 52.2 Å². The summed E-state index contributed by atoms with van der Waals surface area (Å²) in [6.45, 7) is 6.84. The maximum atomic E-state index is 12.2. The molecule has 10 nitrogen and oxygen atoms in total. The fourth-order valence-corrected chi connectivity index (χ4v) is 5.21. The highest BCUT2D eigenvalue weighted by atomic mass is 16.5. The van der Waals surface area contributed by atoms with E-state index in [1.807, 2.05) is 23.1 Å². The van der Waals surface area contributed by atoms with Crippen LogP contribution in [0.1, 0.15) is 45.1 Å². The number of amidine groups is 1. The van der Waals surface area contributed by atoms with E-state index >= 15 is 0 Å². The second-order valence-electron chi connectivity index (χ2n) is 9.94. The molecular formula is C29H36N8O2. The Morgan fingerprint density at radius 1 is 1.08 bits per heavy atom. The normalized spacial score (nSPS) is 16.7. The minimum absolute atomic E-state index is 0.0345. The summed E-state index contributed by atoms with van der Waals surface area (Å²) in [4.78, 5) is 24.1. The Hall–Kier alpha value is -4.21. The van der Waals surface area contributed by atoms with E-state index in [1.165, 1.54) is 12.7 Å². The van der Waals surface area contributed by atoms with Crippen molar-refractivity contribution in [2.75, 3.05) is 26.9 Å². The number of aromatic nitrogens is 4. The van der Waals surface area contributed by atoms with Crippen molar-refractivity contribution in [3.05, 3.63) is 66.0 Å². The number of ether oxygens (including phenoxy) is 1. The van der Waals surface area contributed by atoms with Crippen LogP contribution in [-0.2, 0) is 16.1 Å². The number of nitrogens with zero attached hydrogens (tertiary/aromatic N) is 7. The zero-order valence-electron chi connectivity index (χ0n) is 22.9. The minimum atomic E-state index is -0.254. The highest BCUT2D eigenvalue weighted by Gasteiger charge is 2.37. The lowest BCUT2D eigenvalue weighted by atomic mass is 9.98. The monoisotopic (exact) mass is 528 g/mol. The quantitative estimate of drug-likeness (QED) is 0.368. The summed E-state index contributed by atoms with van der Waals surface area (Å²) in [5.74, 6) is 1.28. The molecule has 1 N–H and O–H groups in total. The lowest BCUT2D eigenvalue weighted by molar-refractivity contribution is -0.141. The number of H-pyrrole nitrogens is 1. The van der Waals surface area contributed by atoms with Crippen LogP contribution in [-0.4, -0.2) is 80.2 Å². The Morgan fingerprint density at radius 2 is 1.87 bits per heavy atom. The first kappa shape index (κ1) is 26.4. The third-order valence-corrected chi connectivity index (χ3v) is 7.15. The van der Waals surface area contributed by atoms with Gasteiger partial charge in [0.05, 0.1) is 19.5 Å². The van der Waals surface area contributed by atoms with E-state index in [2.05, 4.69) is 80.8 Å². The van der Waals surface area contributed by atoms with Gasteiger partial charge in [0.1, 0.15) is 12.7 Å². The first-order chi connectivity index (χ1) is 19.1. The number of hydrogen-bond donors (Lipinski definition) is 1. The fraction of sp³-hybridized carbons (Fsp3) is 0.414. The van der Waals surface area contributed by atoms with Gasteiger partial charge in [0.25, 0.3) is 0 Å². The molecule has 0 saturated heterocycles. The summed E-state index contributed by atoms with van der Waals surface area (Å²) in [7, 11) is 1.43. The van der Waals surface area contributed by atoms with Crippen LogP contribution in [0.15, 0.2) is 65.4 Å². The smallest absolute Gasteiger partial charge is 0.325 e. The third kappa shape index (κ3) is 5.79.